The number of nitrogens with one attached hydrogen (secondary N) is 1. The van der Waals surface area contributed by atoms with Gasteiger partial charge in [0, 0.05) is 19.3 Å². The van der Waals surface area contributed by atoms with Crippen LogP contribution in [-0.2, 0) is 19.9 Å². The second kappa shape index (κ2) is 7.25. The molecule has 2 aromatic rings. The third kappa shape index (κ3) is 4.82. The summed E-state index contributed by atoms with van der Waals surface area (Å²) < 4.78 is 1.88. The van der Waals surface area contributed by atoms with Gasteiger partial charge in [0.15, 0.2) is 0 Å². The first-order valence-corrected chi connectivity index (χ1v) is 7.39. The molecule has 1 atom stereocenters. The van der Waals surface area contributed by atoms with Crippen molar-refractivity contribution in [2.75, 3.05) is 6.54 Å². The van der Waals surface area contributed by atoms with Crippen LogP contribution in [0.15, 0.2) is 42.6 Å². The average Bonchev–Trinajstić information content (AvgIpc) is 2.82. The van der Waals surface area contributed by atoms with E-state index in [-0.39, 0.29) is 0 Å². The second-order valence-corrected chi connectivity index (χ2v) is 5.80. The van der Waals surface area contributed by atoms with Crippen molar-refractivity contribution in [2.24, 2.45) is 13.0 Å². The van der Waals surface area contributed by atoms with Gasteiger partial charge in [-0.25, -0.2) is 0 Å². The Morgan fingerprint density at radius 1 is 1.10 bits per heavy atom. The molecule has 3 nitrogen and oxygen atoms in total. The van der Waals surface area contributed by atoms with Crippen LogP contribution in [-0.4, -0.2) is 22.4 Å². The molecule has 20 heavy (non-hydrogen) atoms. The summed E-state index contributed by atoms with van der Waals surface area (Å²) in [5.74, 6) is 0.578. The van der Waals surface area contributed by atoms with E-state index in [2.05, 4.69) is 60.7 Å². The van der Waals surface area contributed by atoms with Crippen molar-refractivity contribution in [1.82, 2.24) is 15.1 Å². The Bertz CT molecular complexity index is 502. The highest BCUT2D eigenvalue weighted by Crippen LogP contribution is 2.13. The zero-order valence-electron chi connectivity index (χ0n) is 12.7. The van der Waals surface area contributed by atoms with Crippen LogP contribution < -0.4 is 5.32 Å². The van der Waals surface area contributed by atoms with Gasteiger partial charge in [-0.1, -0.05) is 44.2 Å². The van der Waals surface area contributed by atoms with Crippen LogP contribution in [0, 0.1) is 5.92 Å². The van der Waals surface area contributed by atoms with E-state index in [0.717, 1.165) is 19.4 Å². The predicted molar refractivity (Wildman–Crippen MR) is 83.7 cm³/mol. The Labute approximate surface area is 122 Å². The quantitative estimate of drug-likeness (QED) is 0.839. The first-order chi connectivity index (χ1) is 9.63. The van der Waals surface area contributed by atoms with E-state index in [1.165, 1.54) is 11.3 Å². The van der Waals surface area contributed by atoms with Crippen molar-refractivity contribution < 1.29 is 0 Å². The Balaban J connectivity index is 2.00. The maximum atomic E-state index is 4.51. The summed E-state index contributed by atoms with van der Waals surface area (Å²) in [4.78, 5) is 0. The number of hydrogen-bond donors (Lipinski definition) is 1. The molecule has 108 valence electrons. The molecule has 0 amide bonds. The van der Waals surface area contributed by atoms with Gasteiger partial charge in [-0.15, -0.1) is 0 Å². The molecule has 0 spiro atoms. The molecule has 0 fully saturated rings. The molecule has 0 saturated carbocycles. The molecule has 1 unspecified atom stereocenters. The molecule has 0 aliphatic carbocycles. The van der Waals surface area contributed by atoms with Crippen molar-refractivity contribution in [3.8, 4) is 0 Å². The summed E-state index contributed by atoms with van der Waals surface area (Å²) in [6.45, 7) is 5.42. The maximum Gasteiger partial charge on any atom is 0.0627 e. The lowest BCUT2D eigenvalue weighted by atomic mass is 9.94. The Morgan fingerprint density at radius 3 is 2.45 bits per heavy atom. The molecule has 1 heterocycles. The molecule has 0 bridgehead atoms. The molecule has 0 aliphatic heterocycles. The number of rotatable bonds is 7. The lowest BCUT2D eigenvalue weighted by Gasteiger charge is -2.18. The second-order valence-electron chi connectivity index (χ2n) is 5.80. The highest BCUT2D eigenvalue weighted by atomic mass is 15.2. The van der Waals surface area contributed by atoms with Gasteiger partial charge < -0.3 is 5.32 Å². The summed E-state index contributed by atoms with van der Waals surface area (Å²) in [5.41, 5.74) is 2.58. The molecule has 0 aliphatic rings. The van der Waals surface area contributed by atoms with E-state index in [9.17, 15) is 0 Å². The molecule has 1 aromatic heterocycles. The van der Waals surface area contributed by atoms with Crippen LogP contribution >= 0.6 is 0 Å². The molecule has 0 saturated heterocycles. The van der Waals surface area contributed by atoms with Gasteiger partial charge in [-0.05, 0) is 36.9 Å². The number of nitrogens with zero attached hydrogens (tertiary/aromatic N) is 2. The van der Waals surface area contributed by atoms with Crippen LogP contribution in [0.1, 0.15) is 25.1 Å². The lowest BCUT2D eigenvalue weighted by molar-refractivity contribution is 0.439. The third-order valence-electron chi connectivity index (χ3n) is 3.45. The van der Waals surface area contributed by atoms with Crippen molar-refractivity contribution >= 4 is 0 Å². The normalized spacial score (nSPS) is 12.8. The minimum atomic E-state index is 0.525. The first kappa shape index (κ1) is 14.8. The predicted octanol–water partition coefficient (Wildman–Crippen LogP) is 2.82. The summed E-state index contributed by atoms with van der Waals surface area (Å²) in [6.07, 6.45) is 4.14. The van der Waals surface area contributed by atoms with Gasteiger partial charge in [0.05, 0.1) is 5.69 Å². The topological polar surface area (TPSA) is 29.9 Å². The molecule has 2 rings (SSSR count). The number of hydrogen-bond acceptors (Lipinski definition) is 2. The number of benzene rings is 1. The highest BCUT2D eigenvalue weighted by Gasteiger charge is 2.13. The van der Waals surface area contributed by atoms with Crippen molar-refractivity contribution in [1.29, 1.82) is 0 Å². The van der Waals surface area contributed by atoms with E-state index < -0.39 is 0 Å². The maximum absolute atomic E-state index is 4.51. The van der Waals surface area contributed by atoms with E-state index in [4.69, 9.17) is 0 Å². The highest BCUT2D eigenvalue weighted by molar-refractivity contribution is 5.16. The fourth-order valence-corrected chi connectivity index (χ4v) is 2.43. The zero-order chi connectivity index (χ0) is 14.4. The fourth-order valence-electron chi connectivity index (χ4n) is 2.43. The fraction of sp³-hybridized carbons (Fsp3) is 0.471. The molecular formula is C17H25N3. The van der Waals surface area contributed by atoms with Gasteiger partial charge in [-0.3, -0.25) is 4.68 Å². The zero-order valence-corrected chi connectivity index (χ0v) is 12.7. The lowest BCUT2D eigenvalue weighted by Crippen LogP contribution is -2.31. The van der Waals surface area contributed by atoms with Gasteiger partial charge >= 0.3 is 0 Å². The standard InChI is InChI=1S/C17H25N3/c1-14(2)18-13-16(11-15-7-5-4-6-8-15)12-17-9-10-20(3)19-17/h4-10,14,16,18H,11-13H2,1-3H3. The minimum absolute atomic E-state index is 0.525. The summed E-state index contributed by atoms with van der Waals surface area (Å²) >= 11 is 0. The monoisotopic (exact) mass is 271 g/mol. The molecule has 1 N–H and O–H groups in total. The number of aromatic nitrogens is 2. The third-order valence-corrected chi connectivity index (χ3v) is 3.45. The molecule has 1 aromatic carbocycles. The van der Waals surface area contributed by atoms with Crippen LogP contribution in [0.3, 0.4) is 0 Å². The van der Waals surface area contributed by atoms with Crippen molar-refractivity contribution in [3.05, 3.63) is 53.9 Å². The molecular weight excluding hydrogens is 246 g/mol. The van der Waals surface area contributed by atoms with Crippen molar-refractivity contribution in [2.45, 2.75) is 32.7 Å². The first-order valence-electron chi connectivity index (χ1n) is 7.39. The van der Waals surface area contributed by atoms with Gasteiger partial charge in [0.1, 0.15) is 0 Å². The van der Waals surface area contributed by atoms with E-state index in [1.807, 2.05) is 17.9 Å². The van der Waals surface area contributed by atoms with Gasteiger partial charge in [-0.2, -0.15) is 5.10 Å². The Kier molecular flexibility index (Phi) is 5.36. The van der Waals surface area contributed by atoms with E-state index in [0.29, 0.717) is 12.0 Å². The largest absolute Gasteiger partial charge is 0.314 e. The Hall–Kier alpha value is -1.61. The van der Waals surface area contributed by atoms with Crippen LogP contribution in [0.5, 0.6) is 0 Å². The molecule has 0 radical (unpaired) electrons. The van der Waals surface area contributed by atoms with Crippen molar-refractivity contribution in [3.63, 3.8) is 0 Å². The molecule has 3 heteroatoms. The summed E-state index contributed by atoms with van der Waals surface area (Å²) in [5, 5.41) is 8.07. The smallest absolute Gasteiger partial charge is 0.0627 e. The summed E-state index contributed by atoms with van der Waals surface area (Å²) in [7, 11) is 1.97. The van der Waals surface area contributed by atoms with Gasteiger partial charge in [0.25, 0.3) is 0 Å². The van der Waals surface area contributed by atoms with Crippen LogP contribution in [0.2, 0.25) is 0 Å². The Morgan fingerprint density at radius 2 is 1.85 bits per heavy atom. The van der Waals surface area contributed by atoms with Crippen LogP contribution in [0.25, 0.3) is 0 Å². The van der Waals surface area contributed by atoms with E-state index >= 15 is 0 Å². The SMILES string of the molecule is CC(C)NCC(Cc1ccccc1)Cc1ccn(C)n1. The number of aryl methyl sites for hydroxylation is 1. The minimum Gasteiger partial charge on any atom is -0.314 e. The summed E-state index contributed by atoms with van der Waals surface area (Å²) in [6, 6.07) is 13.4. The average molecular weight is 271 g/mol. The van der Waals surface area contributed by atoms with E-state index in [1.54, 1.807) is 0 Å². The van der Waals surface area contributed by atoms with Gasteiger partial charge in [0.2, 0.25) is 0 Å². The van der Waals surface area contributed by atoms with Crippen LogP contribution in [0.4, 0.5) is 0 Å².